The Hall–Kier alpha value is -2.73. The summed E-state index contributed by atoms with van der Waals surface area (Å²) in [5.74, 6) is -0.167. The highest BCUT2D eigenvalue weighted by atomic mass is 32.1. The number of rotatable bonds is 2. The predicted octanol–water partition coefficient (Wildman–Crippen LogP) is 3.38. The molecular formula is C18H15N3O2S. The molecule has 4 rings (SSSR count). The number of aryl methyl sites for hydroxylation is 1. The SMILES string of the molecule is Cc1ccc2nc(NC(=O)c3ccc4c(c3)CC(=O)N4C)sc2c1. The molecule has 0 atom stereocenters. The van der Waals surface area contributed by atoms with Gasteiger partial charge < -0.3 is 4.90 Å². The summed E-state index contributed by atoms with van der Waals surface area (Å²) in [5, 5.41) is 3.43. The number of hydrogen-bond donors (Lipinski definition) is 1. The Morgan fingerprint density at radius 3 is 2.92 bits per heavy atom. The van der Waals surface area contributed by atoms with Gasteiger partial charge in [0.2, 0.25) is 5.91 Å². The summed E-state index contributed by atoms with van der Waals surface area (Å²) in [7, 11) is 1.75. The number of nitrogens with one attached hydrogen (secondary N) is 1. The summed E-state index contributed by atoms with van der Waals surface area (Å²) in [4.78, 5) is 30.3. The third kappa shape index (κ3) is 2.45. The molecule has 0 aliphatic carbocycles. The molecule has 2 amide bonds. The summed E-state index contributed by atoms with van der Waals surface area (Å²) in [6, 6.07) is 11.3. The van der Waals surface area contributed by atoms with Crippen molar-refractivity contribution in [1.82, 2.24) is 4.98 Å². The highest BCUT2D eigenvalue weighted by molar-refractivity contribution is 7.22. The Balaban J connectivity index is 1.60. The van der Waals surface area contributed by atoms with E-state index in [1.54, 1.807) is 24.1 Å². The van der Waals surface area contributed by atoms with Crippen LogP contribution >= 0.6 is 11.3 Å². The molecule has 0 unspecified atom stereocenters. The van der Waals surface area contributed by atoms with Crippen LogP contribution in [-0.2, 0) is 11.2 Å². The van der Waals surface area contributed by atoms with E-state index in [2.05, 4.69) is 16.4 Å². The maximum Gasteiger partial charge on any atom is 0.257 e. The number of fused-ring (bicyclic) bond motifs is 2. The van der Waals surface area contributed by atoms with Gasteiger partial charge in [-0.05, 0) is 48.4 Å². The van der Waals surface area contributed by atoms with Gasteiger partial charge in [-0.25, -0.2) is 4.98 Å². The van der Waals surface area contributed by atoms with Gasteiger partial charge in [-0.1, -0.05) is 17.4 Å². The van der Waals surface area contributed by atoms with Crippen LogP contribution in [0.4, 0.5) is 10.8 Å². The smallest absolute Gasteiger partial charge is 0.257 e. The van der Waals surface area contributed by atoms with Gasteiger partial charge in [0.15, 0.2) is 5.13 Å². The topological polar surface area (TPSA) is 62.3 Å². The number of carbonyl (C=O) groups is 2. The second kappa shape index (κ2) is 5.42. The summed E-state index contributed by atoms with van der Waals surface area (Å²) in [6.45, 7) is 2.03. The maximum atomic E-state index is 12.5. The third-order valence-corrected chi connectivity index (χ3v) is 5.12. The lowest BCUT2D eigenvalue weighted by Crippen LogP contribution is -2.20. The first kappa shape index (κ1) is 14.8. The van der Waals surface area contributed by atoms with Crippen molar-refractivity contribution in [2.45, 2.75) is 13.3 Å². The Bertz CT molecular complexity index is 993. The molecule has 1 aliphatic rings. The molecule has 0 radical (unpaired) electrons. The van der Waals surface area contributed by atoms with Gasteiger partial charge in [-0.2, -0.15) is 0 Å². The van der Waals surface area contributed by atoms with Crippen molar-refractivity contribution >= 4 is 44.2 Å². The highest BCUT2D eigenvalue weighted by Gasteiger charge is 2.24. The fourth-order valence-corrected chi connectivity index (χ4v) is 3.83. The van der Waals surface area contributed by atoms with Crippen molar-refractivity contribution in [3.63, 3.8) is 0 Å². The van der Waals surface area contributed by atoms with Crippen molar-refractivity contribution in [3.8, 4) is 0 Å². The van der Waals surface area contributed by atoms with E-state index in [0.717, 1.165) is 27.0 Å². The average molecular weight is 337 g/mol. The predicted molar refractivity (Wildman–Crippen MR) is 95.9 cm³/mol. The van der Waals surface area contributed by atoms with Crippen LogP contribution in [-0.4, -0.2) is 23.8 Å². The van der Waals surface area contributed by atoms with Crippen LogP contribution in [0.3, 0.4) is 0 Å². The summed E-state index contributed by atoms with van der Waals surface area (Å²) < 4.78 is 1.05. The molecule has 0 spiro atoms. The standard InChI is InChI=1S/C18H15N3O2S/c1-10-3-5-13-15(7-10)24-18(19-13)20-17(23)11-4-6-14-12(8-11)9-16(22)21(14)2/h3-8H,9H2,1-2H3,(H,19,20,23). The summed E-state index contributed by atoms with van der Waals surface area (Å²) in [6.07, 6.45) is 0.341. The van der Waals surface area contributed by atoms with Gasteiger partial charge in [0, 0.05) is 18.3 Å². The van der Waals surface area contributed by atoms with Crippen LogP contribution < -0.4 is 10.2 Å². The lowest BCUT2D eigenvalue weighted by molar-refractivity contribution is -0.117. The Morgan fingerprint density at radius 2 is 2.08 bits per heavy atom. The minimum atomic E-state index is -0.212. The van der Waals surface area contributed by atoms with Gasteiger partial charge >= 0.3 is 0 Å². The molecule has 5 nitrogen and oxygen atoms in total. The van der Waals surface area contributed by atoms with Crippen LogP contribution in [0.15, 0.2) is 36.4 Å². The first-order chi connectivity index (χ1) is 11.5. The van der Waals surface area contributed by atoms with Gasteiger partial charge in [-0.15, -0.1) is 0 Å². The second-order valence-corrected chi connectivity index (χ2v) is 6.95. The highest BCUT2D eigenvalue weighted by Crippen LogP contribution is 2.30. The van der Waals surface area contributed by atoms with E-state index in [1.807, 2.05) is 25.1 Å². The first-order valence-electron chi connectivity index (χ1n) is 7.59. The number of thiazole rings is 1. The van der Waals surface area contributed by atoms with E-state index < -0.39 is 0 Å². The van der Waals surface area contributed by atoms with Crippen LogP contribution in [0.2, 0.25) is 0 Å². The summed E-state index contributed by atoms with van der Waals surface area (Å²) in [5.41, 5.74) is 4.33. The first-order valence-corrected chi connectivity index (χ1v) is 8.41. The van der Waals surface area contributed by atoms with Gasteiger partial charge in [-0.3, -0.25) is 14.9 Å². The maximum absolute atomic E-state index is 12.5. The zero-order valence-corrected chi connectivity index (χ0v) is 14.1. The molecule has 1 aliphatic heterocycles. The quantitative estimate of drug-likeness (QED) is 0.780. The zero-order valence-electron chi connectivity index (χ0n) is 13.3. The normalized spacial score (nSPS) is 13.4. The molecule has 0 saturated heterocycles. The fourth-order valence-electron chi connectivity index (χ4n) is 2.87. The van der Waals surface area contributed by atoms with E-state index in [-0.39, 0.29) is 11.8 Å². The Kier molecular flexibility index (Phi) is 3.35. The monoisotopic (exact) mass is 337 g/mol. The molecule has 2 heterocycles. The molecular weight excluding hydrogens is 322 g/mol. The van der Waals surface area contributed by atoms with E-state index in [9.17, 15) is 9.59 Å². The van der Waals surface area contributed by atoms with Crippen LogP contribution in [0.1, 0.15) is 21.5 Å². The zero-order chi connectivity index (χ0) is 16.8. The third-order valence-electron chi connectivity index (χ3n) is 4.18. The number of likely N-dealkylation sites (N-methyl/N-ethyl adjacent to an activating group) is 1. The van der Waals surface area contributed by atoms with E-state index in [0.29, 0.717) is 17.1 Å². The van der Waals surface area contributed by atoms with Crippen molar-refractivity contribution in [2.24, 2.45) is 0 Å². The number of nitrogens with zero attached hydrogens (tertiary/aromatic N) is 2. The van der Waals surface area contributed by atoms with Crippen molar-refractivity contribution in [3.05, 3.63) is 53.1 Å². The lowest BCUT2D eigenvalue weighted by Gasteiger charge is -2.10. The van der Waals surface area contributed by atoms with Crippen LogP contribution in [0, 0.1) is 6.92 Å². The van der Waals surface area contributed by atoms with E-state index in [4.69, 9.17) is 0 Å². The summed E-state index contributed by atoms with van der Waals surface area (Å²) >= 11 is 1.46. The fraction of sp³-hybridized carbons (Fsp3) is 0.167. The Morgan fingerprint density at radius 1 is 1.25 bits per heavy atom. The number of anilines is 2. The van der Waals surface area contributed by atoms with Gasteiger partial charge in [0.25, 0.3) is 5.91 Å². The molecule has 3 aromatic rings. The lowest BCUT2D eigenvalue weighted by atomic mass is 10.1. The molecule has 24 heavy (non-hydrogen) atoms. The molecule has 1 N–H and O–H groups in total. The molecule has 0 bridgehead atoms. The number of hydrogen-bond acceptors (Lipinski definition) is 4. The largest absolute Gasteiger partial charge is 0.315 e. The average Bonchev–Trinajstić information content (AvgIpc) is 3.07. The van der Waals surface area contributed by atoms with Crippen LogP contribution in [0.5, 0.6) is 0 Å². The number of aromatic nitrogens is 1. The van der Waals surface area contributed by atoms with Gasteiger partial charge in [0.05, 0.1) is 16.6 Å². The van der Waals surface area contributed by atoms with Crippen LogP contribution in [0.25, 0.3) is 10.2 Å². The molecule has 1 aromatic heterocycles. The minimum absolute atomic E-state index is 0.0455. The number of benzene rings is 2. The minimum Gasteiger partial charge on any atom is -0.315 e. The Labute approximate surface area is 142 Å². The van der Waals surface area contributed by atoms with E-state index >= 15 is 0 Å². The van der Waals surface area contributed by atoms with Crippen molar-refractivity contribution in [1.29, 1.82) is 0 Å². The van der Waals surface area contributed by atoms with E-state index in [1.165, 1.54) is 11.3 Å². The number of amides is 2. The second-order valence-electron chi connectivity index (χ2n) is 5.92. The molecule has 0 saturated carbocycles. The molecule has 120 valence electrons. The van der Waals surface area contributed by atoms with Gasteiger partial charge in [0.1, 0.15) is 0 Å². The van der Waals surface area contributed by atoms with Crippen molar-refractivity contribution in [2.75, 3.05) is 17.3 Å². The number of carbonyl (C=O) groups excluding carboxylic acids is 2. The molecule has 2 aromatic carbocycles. The molecule has 6 heteroatoms. The molecule has 0 fully saturated rings. The van der Waals surface area contributed by atoms with Crippen molar-refractivity contribution < 1.29 is 9.59 Å².